The topological polar surface area (TPSA) is 137 Å². The summed E-state index contributed by atoms with van der Waals surface area (Å²) in [5, 5.41) is 6.25. The Labute approximate surface area is 167 Å². The molecule has 0 bridgehead atoms. The van der Waals surface area contributed by atoms with Crippen molar-refractivity contribution in [2.45, 2.75) is 43.8 Å². The number of β-lactam (4-membered cyclic amide) rings is 1. The van der Waals surface area contributed by atoms with Crippen molar-refractivity contribution in [1.82, 2.24) is 20.5 Å². The van der Waals surface area contributed by atoms with E-state index in [-0.39, 0.29) is 24.7 Å². The minimum Gasteiger partial charge on any atom is -0.368 e. The number of hydrogen-bond donors (Lipinski definition) is 4. The predicted molar refractivity (Wildman–Crippen MR) is 104 cm³/mol. The number of carbonyl (C=O) groups is 4. The number of primary amides is 1. The first-order valence-corrected chi connectivity index (χ1v) is 9.68. The van der Waals surface area contributed by atoms with Crippen LogP contribution < -0.4 is 16.4 Å². The number of fused-ring (bicyclic) bond motifs is 1. The number of nitrogens with zero attached hydrogens (tertiary/aromatic N) is 1. The molecular formula is C20H23N5O4. The van der Waals surface area contributed by atoms with Gasteiger partial charge in [-0.2, -0.15) is 0 Å². The van der Waals surface area contributed by atoms with E-state index in [1.807, 2.05) is 30.5 Å². The zero-order chi connectivity index (χ0) is 20.5. The molecule has 2 aliphatic heterocycles. The summed E-state index contributed by atoms with van der Waals surface area (Å²) in [6.45, 7) is 0.423. The third kappa shape index (κ3) is 3.67. The lowest BCUT2D eigenvalue weighted by Gasteiger charge is -2.31. The summed E-state index contributed by atoms with van der Waals surface area (Å²) in [7, 11) is 0. The third-order valence-corrected chi connectivity index (χ3v) is 5.62. The van der Waals surface area contributed by atoms with Crippen molar-refractivity contribution < 1.29 is 19.2 Å². The van der Waals surface area contributed by atoms with E-state index in [9.17, 15) is 19.2 Å². The Bertz CT molecular complexity index is 976. The molecule has 1 aromatic carbocycles. The summed E-state index contributed by atoms with van der Waals surface area (Å²) in [4.78, 5) is 53.3. The Morgan fingerprint density at radius 3 is 2.76 bits per heavy atom. The highest BCUT2D eigenvalue weighted by molar-refractivity contribution is 5.99. The number of amides is 4. The molecule has 9 heteroatoms. The molecule has 2 aromatic rings. The minimum atomic E-state index is -0.862. The maximum atomic E-state index is 13.3. The van der Waals surface area contributed by atoms with Crippen LogP contribution in [0.4, 0.5) is 0 Å². The highest BCUT2D eigenvalue weighted by Crippen LogP contribution is 2.22. The molecule has 29 heavy (non-hydrogen) atoms. The number of benzene rings is 1. The minimum absolute atomic E-state index is 0.105. The molecule has 0 saturated carbocycles. The Kier molecular flexibility index (Phi) is 4.96. The number of aromatic amines is 1. The average Bonchev–Trinajstić information content (AvgIpc) is 3.32. The van der Waals surface area contributed by atoms with Crippen LogP contribution >= 0.6 is 0 Å². The van der Waals surface area contributed by atoms with Gasteiger partial charge >= 0.3 is 0 Å². The highest BCUT2D eigenvalue weighted by Gasteiger charge is 2.39. The van der Waals surface area contributed by atoms with Gasteiger partial charge in [-0.3, -0.25) is 19.2 Å². The molecule has 0 unspecified atom stereocenters. The molecule has 0 radical (unpaired) electrons. The van der Waals surface area contributed by atoms with E-state index in [1.54, 1.807) is 0 Å². The largest absolute Gasteiger partial charge is 0.368 e. The zero-order valence-electron chi connectivity index (χ0n) is 15.8. The van der Waals surface area contributed by atoms with Crippen LogP contribution in [-0.2, 0) is 25.6 Å². The normalized spacial score (nSPS) is 22.1. The Hall–Kier alpha value is -3.36. The third-order valence-electron chi connectivity index (χ3n) is 5.62. The summed E-state index contributed by atoms with van der Waals surface area (Å²) >= 11 is 0. The second kappa shape index (κ2) is 7.57. The molecule has 4 amide bonds. The van der Waals surface area contributed by atoms with E-state index in [0.29, 0.717) is 19.4 Å². The quantitative estimate of drug-likeness (QED) is 0.491. The molecule has 3 atom stereocenters. The van der Waals surface area contributed by atoms with Crippen molar-refractivity contribution in [3.05, 3.63) is 36.0 Å². The lowest BCUT2D eigenvalue weighted by molar-refractivity contribution is -0.142. The predicted octanol–water partition coefficient (Wildman–Crippen LogP) is -0.440. The van der Waals surface area contributed by atoms with Crippen LogP contribution in [0.3, 0.4) is 0 Å². The van der Waals surface area contributed by atoms with Gasteiger partial charge in [0, 0.05) is 30.1 Å². The second-order valence-electron chi connectivity index (χ2n) is 7.54. The molecule has 152 valence electrons. The van der Waals surface area contributed by atoms with Crippen molar-refractivity contribution in [3.63, 3.8) is 0 Å². The molecule has 1 aromatic heterocycles. The number of aromatic nitrogens is 1. The van der Waals surface area contributed by atoms with E-state index < -0.39 is 29.9 Å². The number of hydrogen-bond acceptors (Lipinski definition) is 4. The fourth-order valence-corrected chi connectivity index (χ4v) is 4.04. The summed E-state index contributed by atoms with van der Waals surface area (Å²) < 4.78 is 0. The van der Waals surface area contributed by atoms with E-state index in [4.69, 9.17) is 5.73 Å². The SMILES string of the molecule is NC(=O)[C@@H]1CCCN1C(=O)[C@H](Cc1c[nH]c2ccccc12)NC(=O)[C@@H]1CC(=O)N1. The maximum absolute atomic E-state index is 13.3. The maximum Gasteiger partial charge on any atom is 0.246 e. The number of carbonyl (C=O) groups excluding carboxylic acids is 4. The molecule has 9 nitrogen and oxygen atoms in total. The average molecular weight is 397 g/mol. The molecule has 4 rings (SSSR count). The van der Waals surface area contributed by atoms with Crippen molar-refractivity contribution in [2.75, 3.05) is 6.54 Å². The van der Waals surface area contributed by atoms with Crippen LogP contribution in [0.5, 0.6) is 0 Å². The zero-order valence-corrected chi connectivity index (χ0v) is 15.8. The number of para-hydroxylation sites is 1. The van der Waals surface area contributed by atoms with Gasteiger partial charge in [-0.1, -0.05) is 18.2 Å². The smallest absolute Gasteiger partial charge is 0.246 e. The van der Waals surface area contributed by atoms with Gasteiger partial charge in [0.05, 0.1) is 6.42 Å². The summed E-state index contributed by atoms with van der Waals surface area (Å²) in [5.74, 6) is -1.48. The van der Waals surface area contributed by atoms with Crippen LogP contribution in [0, 0.1) is 0 Å². The van der Waals surface area contributed by atoms with E-state index in [1.165, 1.54) is 4.90 Å². The van der Waals surface area contributed by atoms with Crippen LogP contribution in [0.1, 0.15) is 24.8 Å². The van der Waals surface area contributed by atoms with Crippen LogP contribution in [-0.4, -0.2) is 58.2 Å². The Morgan fingerprint density at radius 2 is 2.03 bits per heavy atom. The first kappa shape index (κ1) is 19.0. The van der Waals surface area contributed by atoms with Crippen molar-refractivity contribution in [1.29, 1.82) is 0 Å². The monoisotopic (exact) mass is 397 g/mol. The van der Waals surface area contributed by atoms with E-state index in [2.05, 4.69) is 15.6 Å². The van der Waals surface area contributed by atoms with Gasteiger partial charge in [0.2, 0.25) is 23.6 Å². The Balaban J connectivity index is 1.58. The van der Waals surface area contributed by atoms with Gasteiger partial charge in [0.1, 0.15) is 18.1 Å². The molecule has 2 fully saturated rings. The molecule has 2 saturated heterocycles. The first-order chi connectivity index (χ1) is 13.9. The number of H-pyrrole nitrogens is 1. The summed E-state index contributed by atoms with van der Waals surface area (Å²) in [6, 6.07) is 5.54. The first-order valence-electron chi connectivity index (χ1n) is 9.68. The lowest BCUT2D eigenvalue weighted by atomic mass is 10.0. The molecule has 0 aliphatic carbocycles. The van der Waals surface area contributed by atoms with Gasteiger partial charge in [0.25, 0.3) is 0 Å². The molecule has 2 aliphatic rings. The molecular weight excluding hydrogens is 374 g/mol. The van der Waals surface area contributed by atoms with Gasteiger partial charge in [-0.15, -0.1) is 0 Å². The lowest BCUT2D eigenvalue weighted by Crippen LogP contribution is -2.61. The van der Waals surface area contributed by atoms with Gasteiger partial charge in [0.15, 0.2) is 0 Å². The number of nitrogens with two attached hydrogens (primary N) is 1. The summed E-state index contributed by atoms with van der Waals surface area (Å²) in [5.41, 5.74) is 7.27. The molecule has 3 heterocycles. The van der Waals surface area contributed by atoms with Crippen molar-refractivity contribution in [3.8, 4) is 0 Å². The highest BCUT2D eigenvalue weighted by atomic mass is 16.2. The van der Waals surface area contributed by atoms with E-state index in [0.717, 1.165) is 16.5 Å². The number of nitrogens with one attached hydrogen (secondary N) is 3. The number of rotatable bonds is 6. The van der Waals surface area contributed by atoms with Gasteiger partial charge < -0.3 is 26.3 Å². The van der Waals surface area contributed by atoms with Crippen LogP contribution in [0.2, 0.25) is 0 Å². The van der Waals surface area contributed by atoms with E-state index >= 15 is 0 Å². The fourth-order valence-electron chi connectivity index (χ4n) is 4.04. The van der Waals surface area contributed by atoms with Crippen LogP contribution in [0.25, 0.3) is 10.9 Å². The molecule has 0 spiro atoms. The second-order valence-corrected chi connectivity index (χ2v) is 7.54. The van der Waals surface area contributed by atoms with Gasteiger partial charge in [-0.25, -0.2) is 0 Å². The van der Waals surface area contributed by atoms with Gasteiger partial charge in [-0.05, 0) is 24.5 Å². The fraction of sp³-hybridized carbons (Fsp3) is 0.400. The summed E-state index contributed by atoms with van der Waals surface area (Å²) in [6.07, 6.45) is 3.39. The van der Waals surface area contributed by atoms with Crippen molar-refractivity contribution >= 4 is 34.5 Å². The molecule has 5 N–H and O–H groups in total. The number of likely N-dealkylation sites (tertiary alicyclic amines) is 1. The Morgan fingerprint density at radius 1 is 1.28 bits per heavy atom. The standard InChI is InChI=1S/C20H23N5O4/c21-18(27)16-6-3-7-25(16)20(29)15(24-19(28)14-9-17(26)23-14)8-11-10-22-13-5-2-1-4-12(11)13/h1-2,4-5,10,14-16,22H,3,6-9H2,(H2,21,27)(H,23,26)(H,24,28)/t14-,15-,16-/m0/s1. The van der Waals surface area contributed by atoms with Crippen LogP contribution in [0.15, 0.2) is 30.5 Å². The van der Waals surface area contributed by atoms with Crippen molar-refractivity contribution in [2.24, 2.45) is 5.73 Å².